The normalized spacial score (nSPS) is 18.0. The van der Waals surface area contributed by atoms with Gasteiger partial charge in [0, 0.05) is 51.1 Å². The van der Waals surface area contributed by atoms with Crippen LogP contribution in [0.25, 0.3) is 0 Å². The standard InChI is InChI=1S/C32H40N4O3/c1-25-33-16-19-35(25)23-27-8-7-11-29(22-27)31(38)36-20-21-39-30-12-4-3-9-28(30)10-5-6-13-32(24-36)14-17-34(18-15-32)26(2)37/h3-4,7-9,11-12,16,19,22H,5-6,10,13-15,17-18,20-21,23-24H2,1-2H3. The highest BCUT2D eigenvalue weighted by molar-refractivity contribution is 5.94. The molecular weight excluding hydrogens is 488 g/mol. The fourth-order valence-corrected chi connectivity index (χ4v) is 6.13. The van der Waals surface area contributed by atoms with Crippen LogP contribution in [-0.4, -0.2) is 64.0 Å². The molecule has 3 aromatic rings. The number of hydrogen-bond acceptors (Lipinski definition) is 4. The van der Waals surface area contributed by atoms with Gasteiger partial charge in [-0.1, -0.05) is 36.8 Å². The first-order chi connectivity index (χ1) is 18.9. The maximum Gasteiger partial charge on any atom is 0.253 e. The van der Waals surface area contributed by atoms with Gasteiger partial charge in [0.15, 0.2) is 0 Å². The van der Waals surface area contributed by atoms with Crippen LogP contribution in [0.15, 0.2) is 60.9 Å². The van der Waals surface area contributed by atoms with E-state index in [4.69, 9.17) is 4.74 Å². The summed E-state index contributed by atoms with van der Waals surface area (Å²) in [5.41, 5.74) is 3.02. The minimum Gasteiger partial charge on any atom is -0.491 e. The van der Waals surface area contributed by atoms with Crippen LogP contribution in [0.5, 0.6) is 5.75 Å². The van der Waals surface area contributed by atoms with Crippen LogP contribution in [0.3, 0.4) is 0 Å². The molecule has 0 saturated carbocycles. The molecule has 7 nitrogen and oxygen atoms in total. The number of aryl methyl sites for hydroxylation is 2. The molecule has 0 N–H and O–H groups in total. The van der Waals surface area contributed by atoms with Gasteiger partial charge in [0.2, 0.25) is 5.91 Å². The Morgan fingerprint density at radius 3 is 2.56 bits per heavy atom. The van der Waals surface area contributed by atoms with Crippen molar-refractivity contribution in [2.45, 2.75) is 58.9 Å². The molecule has 0 unspecified atom stereocenters. The number of carbonyl (C=O) groups is 2. The van der Waals surface area contributed by atoms with Crippen LogP contribution in [0.4, 0.5) is 0 Å². The molecule has 2 aromatic carbocycles. The van der Waals surface area contributed by atoms with Crippen molar-refractivity contribution in [3.63, 3.8) is 0 Å². The topological polar surface area (TPSA) is 67.7 Å². The van der Waals surface area contributed by atoms with Crippen molar-refractivity contribution >= 4 is 11.8 Å². The van der Waals surface area contributed by atoms with Gasteiger partial charge in [-0.25, -0.2) is 4.98 Å². The number of hydrogen-bond donors (Lipinski definition) is 0. The fourth-order valence-electron chi connectivity index (χ4n) is 6.13. The summed E-state index contributed by atoms with van der Waals surface area (Å²) in [5, 5.41) is 0. The largest absolute Gasteiger partial charge is 0.491 e. The molecule has 1 spiro atoms. The number of aromatic nitrogens is 2. The van der Waals surface area contributed by atoms with E-state index in [0.717, 1.165) is 68.8 Å². The average Bonchev–Trinajstić information content (AvgIpc) is 3.34. The Kier molecular flexibility index (Phi) is 8.34. The Morgan fingerprint density at radius 1 is 0.974 bits per heavy atom. The number of para-hydroxylation sites is 1. The fraction of sp³-hybridized carbons (Fsp3) is 0.469. The predicted molar refractivity (Wildman–Crippen MR) is 152 cm³/mol. The third kappa shape index (κ3) is 6.52. The van der Waals surface area contributed by atoms with Crippen LogP contribution in [-0.2, 0) is 17.8 Å². The lowest BCUT2D eigenvalue weighted by Crippen LogP contribution is -2.49. The van der Waals surface area contributed by atoms with Crippen LogP contribution in [0.2, 0.25) is 0 Å². The monoisotopic (exact) mass is 528 g/mol. The van der Waals surface area contributed by atoms with Crippen LogP contribution >= 0.6 is 0 Å². The highest BCUT2D eigenvalue weighted by Gasteiger charge is 2.38. The second kappa shape index (κ2) is 12.1. The van der Waals surface area contributed by atoms with Gasteiger partial charge in [-0.3, -0.25) is 9.59 Å². The summed E-state index contributed by atoms with van der Waals surface area (Å²) < 4.78 is 8.34. The van der Waals surface area contributed by atoms with Gasteiger partial charge in [0.1, 0.15) is 18.2 Å². The summed E-state index contributed by atoms with van der Waals surface area (Å²) in [6.45, 7) is 7.50. The van der Waals surface area contributed by atoms with Gasteiger partial charge >= 0.3 is 0 Å². The van der Waals surface area contributed by atoms with Gasteiger partial charge < -0.3 is 19.1 Å². The van der Waals surface area contributed by atoms with Crippen molar-refractivity contribution in [1.29, 1.82) is 0 Å². The summed E-state index contributed by atoms with van der Waals surface area (Å²) in [6, 6.07) is 16.2. The number of likely N-dealkylation sites (tertiary alicyclic amines) is 1. The van der Waals surface area contributed by atoms with Crippen LogP contribution in [0.1, 0.15) is 66.3 Å². The van der Waals surface area contributed by atoms with E-state index >= 15 is 0 Å². The van der Waals surface area contributed by atoms with Gasteiger partial charge in [0.05, 0.1) is 6.54 Å². The predicted octanol–water partition coefficient (Wildman–Crippen LogP) is 5.12. The van der Waals surface area contributed by atoms with E-state index in [2.05, 4.69) is 27.8 Å². The number of piperidine rings is 1. The Balaban J connectivity index is 1.40. The minimum absolute atomic E-state index is 0.00581. The molecule has 2 aliphatic heterocycles. The Bertz CT molecular complexity index is 1290. The smallest absolute Gasteiger partial charge is 0.253 e. The van der Waals surface area contributed by atoms with Gasteiger partial charge in [0.25, 0.3) is 5.91 Å². The van der Waals surface area contributed by atoms with E-state index in [1.807, 2.05) is 53.3 Å². The molecule has 0 radical (unpaired) electrons. The number of fused-ring (bicyclic) bond motifs is 1. The van der Waals surface area contributed by atoms with Crippen molar-refractivity contribution in [3.8, 4) is 5.75 Å². The molecule has 0 atom stereocenters. The zero-order chi connectivity index (χ0) is 27.2. The molecule has 39 heavy (non-hydrogen) atoms. The third-order valence-electron chi connectivity index (χ3n) is 8.53. The van der Waals surface area contributed by atoms with Crippen molar-refractivity contribution in [2.75, 3.05) is 32.8 Å². The first-order valence-electron chi connectivity index (χ1n) is 14.2. The molecule has 1 saturated heterocycles. The Hall–Kier alpha value is -3.61. The van der Waals surface area contributed by atoms with Crippen LogP contribution < -0.4 is 4.74 Å². The van der Waals surface area contributed by atoms with E-state index in [9.17, 15) is 9.59 Å². The molecule has 206 valence electrons. The van der Waals surface area contributed by atoms with Crippen LogP contribution in [0, 0.1) is 12.3 Å². The number of benzene rings is 2. The summed E-state index contributed by atoms with van der Waals surface area (Å²) >= 11 is 0. The number of amides is 2. The molecule has 7 heteroatoms. The number of carbonyl (C=O) groups excluding carboxylic acids is 2. The number of nitrogens with zero attached hydrogens (tertiary/aromatic N) is 4. The van der Waals surface area contributed by atoms with Crippen molar-refractivity contribution in [1.82, 2.24) is 19.4 Å². The summed E-state index contributed by atoms with van der Waals surface area (Å²) in [7, 11) is 0. The number of ether oxygens (including phenoxy) is 1. The lowest BCUT2D eigenvalue weighted by Gasteiger charge is -2.44. The molecule has 1 aromatic heterocycles. The maximum atomic E-state index is 14.1. The first kappa shape index (κ1) is 27.0. The molecule has 1 fully saturated rings. The van der Waals surface area contributed by atoms with E-state index in [1.165, 1.54) is 5.56 Å². The van der Waals surface area contributed by atoms with E-state index < -0.39 is 0 Å². The van der Waals surface area contributed by atoms with E-state index in [1.54, 1.807) is 13.1 Å². The maximum absolute atomic E-state index is 14.1. The molecule has 5 rings (SSSR count). The van der Waals surface area contributed by atoms with Crippen molar-refractivity contribution in [2.24, 2.45) is 5.41 Å². The quantitative estimate of drug-likeness (QED) is 0.474. The van der Waals surface area contributed by atoms with E-state index in [0.29, 0.717) is 31.8 Å². The number of imidazole rings is 1. The van der Waals surface area contributed by atoms with Gasteiger partial charge in [-0.2, -0.15) is 0 Å². The SMILES string of the molecule is CC(=O)N1CCC2(CCCCc3ccccc3OCCN(C(=O)c3cccc(Cn4ccnc4C)c3)C2)CC1. The summed E-state index contributed by atoms with van der Waals surface area (Å²) in [6.07, 6.45) is 9.85. The zero-order valence-corrected chi connectivity index (χ0v) is 23.3. The average molecular weight is 529 g/mol. The molecule has 3 heterocycles. The van der Waals surface area contributed by atoms with Crippen molar-refractivity contribution in [3.05, 3.63) is 83.4 Å². The molecular formula is C32H40N4O3. The second-order valence-electron chi connectivity index (χ2n) is 11.2. The molecule has 0 aliphatic carbocycles. The van der Waals surface area contributed by atoms with E-state index in [-0.39, 0.29) is 17.2 Å². The summed E-state index contributed by atoms with van der Waals surface area (Å²) in [5.74, 6) is 2.06. The lowest BCUT2D eigenvalue weighted by molar-refractivity contribution is -0.131. The van der Waals surface area contributed by atoms with Gasteiger partial charge in [-0.05, 0) is 73.8 Å². The Labute approximate surface area is 231 Å². The minimum atomic E-state index is 0.00581. The van der Waals surface area contributed by atoms with Gasteiger partial charge in [-0.15, -0.1) is 0 Å². The molecule has 0 bridgehead atoms. The highest BCUT2D eigenvalue weighted by atomic mass is 16.5. The highest BCUT2D eigenvalue weighted by Crippen LogP contribution is 2.38. The third-order valence-corrected chi connectivity index (χ3v) is 8.53. The van der Waals surface area contributed by atoms with Crippen molar-refractivity contribution < 1.29 is 14.3 Å². The Morgan fingerprint density at radius 2 is 1.79 bits per heavy atom. The lowest BCUT2D eigenvalue weighted by atomic mass is 9.73. The molecule has 2 amide bonds. The zero-order valence-electron chi connectivity index (χ0n) is 23.3. The summed E-state index contributed by atoms with van der Waals surface area (Å²) in [4.78, 5) is 34.4. The first-order valence-corrected chi connectivity index (χ1v) is 14.2. The second-order valence-corrected chi connectivity index (χ2v) is 11.2. The number of rotatable bonds is 3. The molecule has 2 aliphatic rings.